The molecule has 0 fully saturated rings. The molecule has 0 aromatic carbocycles. The fourth-order valence-corrected chi connectivity index (χ4v) is 3.46. The summed E-state index contributed by atoms with van der Waals surface area (Å²) < 4.78 is 37.2. The molecule has 0 aliphatic heterocycles. The molecule has 0 spiro atoms. The van der Waals surface area contributed by atoms with Crippen LogP contribution in [0.25, 0.3) is 0 Å². The van der Waals surface area contributed by atoms with Gasteiger partial charge in [-0.2, -0.15) is 4.98 Å². The highest BCUT2D eigenvalue weighted by Crippen LogP contribution is 2.25. The van der Waals surface area contributed by atoms with Crippen molar-refractivity contribution in [3.63, 3.8) is 0 Å². The second kappa shape index (κ2) is 5.73. The monoisotopic (exact) mass is 300 g/mol. The fraction of sp³-hybridized carbons (Fsp3) is 0.455. The maximum Gasteiger partial charge on any atom is 0.244 e. The highest BCUT2D eigenvalue weighted by molar-refractivity contribution is 7.89. The molecule has 3 N–H and O–H groups in total. The van der Waals surface area contributed by atoms with Crippen molar-refractivity contribution in [1.29, 1.82) is 0 Å². The van der Waals surface area contributed by atoms with Crippen molar-refractivity contribution in [1.82, 2.24) is 14.9 Å². The van der Waals surface area contributed by atoms with E-state index in [-0.39, 0.29) is 18.0 Å². The predicted octanol–water partition coefficient (Wildman–Crippen LogP) is 0.259. The van der Waals surface area contributed by atoms with E-state index in [4.69, 9.17) is 14.7 Å². The Labute approximate surface area is 116 Å². The second-order valence-corrected chi connectivity index (χ2v) is 5.91. The number of furan rings is 1. The Morgan fingerprint density at radius 1 is 1.35 bits per heavy atom. The minimum atomic E-state index is -3.68. The number of nitrogens with zero attached hydrogens (tertiary/aromatic N) is 2. The van der Waals surface area contributed by atoms with Crippen molar-refractivity contribution in [3.05, 3.63) is 29.3 Å². The first-order valence-corrected chi connectivity index (χ1v) is 7.48. The third kappa shape index (κ3) is 2.89. The summed E-state index contributed by atoms with van der Waals surface area (Å²) in [6.07, 6.45) is 1.58. The third-order valence-corrected chi connectivity index (χ3v) is 4.49. The van der Waals surface area contributed by atoms with Gasteiger partial charge in [-0.15, -0.1) is 0 Å². The molecule has 0 unspecified atom stereocenters. The number of nitrogens with two attached hydrogens (primary N) is 1. The normalized spacial score (nSPS) is 11.9. The van der Waals surface area contributed by atoms with Crippen LogP contribution in [0.15, 0.2) is 20.2 Å². The molecule has 0 aliphatic carbocycles. The van der Waals surface area contributed by atoms with Crippen molar-refractivity contribution in [2.45, 2.75) is 31.7 Å². The first-order valence-electron chi connectivity index (χ1n) is 6.00. The lowest BCUT2D eigenvalue weighted by Crippen LogP contribution is -2.27. The van der Waals surface area contributed by atoms with E-state index in [9.17, 15) is 8.42 Å². The van der Waals surface area contributed by atoms with Crippen LogP contribution in [-0.2, 0) is 23.0 Å². The van der Waals surface area contributed by atoms with Gasteiger partial charge in [-0.3, -0.25) is 0 Å². The molecule has 2 rings (SSSR count). The first-order chi connectivity index (χ1) is 9.45. The molecule has 2 aromatic heterocycles. The Morgan fingerprint density at radius 2 is 2.10 bits per heavy atom. The average Bonchev–Trinajstić information content (AvgIpc) is 2.96. The van der Waals surface area contributed by atoms with Crippen LogP contribution in [0.2, 0.25) is 0 Å². The lowest BCUT2D eigenvalue weighted by Gasteiger charge is -2.06. The van der Waals surface area contributed by atoms with Crippen LogP contribution in [0, 0.1) is 13.8 Å². The van der Waals surface area contributed by atoms with E-state index >= 15 is 0 Å². The molecule has 8 nitrogen and oxygen atoms in total. The largest absolute Gasteiger partial charge is 0.465 e. The minimum absolute atomic E-state index is 0.100. The standard InChI is InChI=1S/C11H16N4O4S/c1-7-9(5-12)11(8(2)18-7)20(16,17)15-4-3-10-13-6-14-19-10/h6,15H,3-5,12H2,1-2H3. The van der Waals surface area contributed by atoms with Crippen molar-refractivity contribution in [2.24, 2.45) is 5.73 Å². The summed E-state index contributed by atoms with van der Waals surface area (Å²) in [7, 11) is -3.68. The zero-order valence-electron chi connectivity index (χ0n) is 11.2. The predicted molar refractivity (Wildman–Crippen MR) is 69.3 cm³/mol. The quantitative estimate of drug-likeness (QED) is 0.783. The van der Waals surface area contributed by atoms with E-state index < -0.39 is 10.0 Å². The number of hydrogen-bond acceptors (Lipinski definition) is 7. The molecule has 0 bridgehead atoms. The molecule has 0 amide bonds. The Kier molecular flexibility index (Phi) is 4.21. The number of hydrogen-bond donors (Lipinski definition) is 2. The zero-order valence-corrected chi connectivity index (χ0v) is 12.0. The molecular formula is C11H16N4O4S. The highest BCUT2D eigenvalue weighted by Gasteiger charge is 2.25. The zero-order chi connectivity index (χ0) is 14.8. The van der Waals surface area contributed by atoms with Crippen molar-refractivity contribution >= 4 is 10.0 Å². The summed E-state index contributed by atoms with van der Waals surface area (Å²) in [5.74, 6) is 1.21. The van der Waals surface area contributed by atoms with Gasteiger partial charge < -0.3 is 14.7 Å². The number of aryl methyl sites for hydroxylation is 2. The van der Waals surface area contributed by atoms with Gasteiger partial charge in [0.1, 0.15) is 16.4 Å². The highest BCUT2D eigenvalue weighted by atomic mass is 32.2. The van der Waals surface area contributed by atoms with Crippen molar-refractivity contribution in [2.75, 3.05) is 6.54 Å². The van der Waals surface area contributed by atoms with Gasteiger partial charge >= 0.3 is 0 Å². The van der Waals surface area contributed by atoms with Crippen LogP contribution in [-0.4, -0.2) is 25.1 Å². The molecule has 0 atom stereocenters. The SMILES string of the molecule is Cc1oc(C)c(S(=O)(=O)NCCc2ncno2)c1CN. The van der Waals surface area contributed by atoms with Gasteiger partial charge in [0.25, 0.3) is 0 Å². The smallest absolute Gasteiger partial charge is 0.244 e. The molecule has 0 radical (unpaired) electrons. The van der Waals surface area contributed by atoms with E-state index in [0.717, 1.165) is 0 Å². The van der Waals surface area contributed by atoms with Crippen molar-refractivity contribution < 1.29 is 17.4 Å². The van der Waals surface area contributed by atoms with E-state index in [1.165, 1.54) is 6.33 Å². The molecule has 20 heavy (non-hydrogen) atoms. The summed E-state index contributed by atoms with van der Waals surface area (Å²) >= 11 is 0. The van der Waals surface area contributed by atoms with Gasteiger partial charge in [0.2, 0.25) is 15.9 Å². The third-order valence-electron chi connectivity index (χ3n) is 2.84. The maximum absolute atomic E-state index is 12.3. The van der Waals surface area contributed by atoms with Gasteiger partial charge in [0.15, 0.2) is 6.33 Å². The summed E-state index contributed by atoms with van der Waals surface area (Å²) in [6, 6.07) is 0. The summed E-state index contributed by atoms with van der Waals surface area (Å²) in [5.41, 5.74) is 6.08. The van der Waals surface area contributed by atoms with Gasteiger partial charge in [0.05, 0.1) is 0 Å². The lowest BCUT2D eigenvalue weighted by molar-refractivity contribution is 0.377. The molecule has 0 saturated carbocycles. The van der Waals surface area contributed by atoms with Gasteiger partial charge in [-0.25, -0.2) is 13.1 Å². The number of rotatable bonds is 6. The molecular weight excluding hydrogens is 284 g/mol. The lowest BCUT2D eigenvalue weighted by atomic mass is 10.2. The number of aromatic nitrogens is 2. The number of nitrogens with one attached hydrogen (secondary N) is 1. The Morgan fingerprint density at radius 3 is 2.70 bits per heavy atom. The van der Waals surface area contributed by atoms with Gasteiger partial charge in [-0.1, -0.05) is 5.16 Å². The molecule has 2 heterocycles. The Hall–Kier alpha value is -1.71. The molecule has 9 heteroatoms. The van der Waals surface area contributed by atoms with Crippen molar-refractivity contribution in [3.8, 4) is 0 Å². The van der Waals surface area contributed by atoms with Gasteiger partial charge in [0, 0.05) is 25.1 Å². The Balaban J connectivity index is 2.14. The maximum atomic E-state index is 12.3. The molecule has 0 aliphatic rings. The molecule has 110 valence electrons. The topological polar surface area (TPSA) is 124 Å². The Bertz CT molecular complexity index is 676. The second-order valence-electron chi connectivity index (χ2n) is 4.21. The fourth-order valence-electron chi connectivity index (χ4n) is 1.97. The van der Waals surface area contributed by atoms with Crippen LogP contribution in [0.1, 0.15) is 23.0 Å². The van der Waals surface area contributed by atoms with Crippen LogP contribution < -0.4 is 10.5 Å². The van der Waals surface area contributed by atoms with Crippen LogP contribution in [0.3, 0.4) is 0 Å². The van der Waals surface area contributed by atoms with Crippen LogP contribution in [0.5, 0.6) is 0 Å². The minimum Gasteiger partial charge on any atom is -0.465 e. The van der Waals surface area contributed by atoms with Crippen LogP contribution >= 0.6 is 0 Å². The van der Waals surface area contributed by atoms with E-state index in [0.29, 0.717) is 29.4 Å². The molecule has 2 aromatic rings. The van der Waals surface area contributed by atoms with Crippen LogP contribution in [0.4, 0.5) is 0 Å². The number of sulfonamides is 1. The molecule has 0 saturated heterocycles. The summed E-state index contributed by atoms with van der Waals surface area (Å²) in [5, 5.41) is 3.45. The van der Waals surface area contributed by atoms with E-state index in [1.54, 1.807) is 13.8 Å². The first kappa shape index (κ1) is 14.7. The summed E-state index contributed by atoms with van der Waals surface area (Å²) in [4.78, 5) is 3.93. The van der Waals surface area contributed by atoms with E-state index in [2.05, 4.69) is 14.9 Å². The van der Waals surface area contributed by atoms with E-state index in [1.807, 2.05) is 0 Å². The average molecular weight is 300 g/mol. The summed E-state index contributed by atoms with van der Waals surface area (Å²) in [6.45, 7) is 3.53. The van der Waals surface area contributed by atoms with Gasteiger partial charge in [-0.05, 0) is 13.8 Å².